The monoisotopic (exact) mass is 389 g/mol. The first kappa shape index (κ1) is 23.9. The first-order chi connectivity index (χ1) is 13.6. The second kappa shape index (κ2) is 15.9. The largest absolute Gasteiger partial charge is 0.382 e. The van der Waals surface area contributed by atoms with Gasteiger partial charge in [0.05, 0.1) is 0 Å². The lowest BCUT2D eigenvalue weighted by molar-refractivity contribution is -0.116. The van der Waals surface area contributed by atoms with Gasteiger partial charge in [-0.1, -0.05) is 70.4 Å². The van der Waals surface area contributed by atoms with Gasteiger partial charge in [0.2, 0.25) is 5.91 Å². The van der Waals surface area contributed by atoms with Crippen LogP contribution in [0.25, 0.3) is 0 Å². The molecule has 1 aromatic heterocycles. The Morgan fingerprint density at radius 2 is 1.36 bits per heavy atom. The molecule has 6 heteroatoms. The SMILES string of the molecule is CCCCCCCC/C=C\CCCCCCCC(=O)Nc1c(N)ncnc1N. The summed E-state index contributed by atoms with van der Waals surface area (Å²) >= 11 is 0. The molecule has 0 aliphatic rings. The average molecular weight is 390 g/mol. The minimum Gasteiger partial charge on any atom is -0.382 e. The maximum Gasteiger partial charge on any atom is 0.224 e. The van der Waals surface area contributed by atoms with Crippen molar-refractivity contribution in [3.8, 4) is 0 Å². The van der Waals surface area contributed by atoms with E-state index in [1.165, 1.54) is 70.5 Å². The molecule has 0 radical (unpaired) electrons. The number of unbranched alkanes of at least 4 members (excludes halogenated alkanes) is 11. The van der Waals surface area contributed by atoms with Crippen molar-refractivity contribution in [2.24, 2.45) is 0 Å². The molecule has 0 saturated heterocycles. The van der Waals surface area contributed by atoms with Gasteiger partial charge in [0.15, 0.2) is 11.6 Å². The molecule has 0 fully saturated rings. The molecule has 0 unspecified atom stereocenters. The number of nitrogens with two attached hydrogens (primary N) is 2. The number of allylic oxidation sites excluding steroid dienone is 2. The molecule has 0 saturated carbocycles. The van der Waals surface area contributed by atoms with Gasteiger partial charge in [-0.2, -0.15) is 0 Å². The predicted molar refractivity (Wildman–Crippen MR) is 119 cm³/mol. The van der Waals surface area contributed by atoms with Crippen LogP contribution in [-0.4, -0.2) is 15.9 Å². The van der Waals surface area contributed by atoms with Gasteiger partial charge in [0, 0.05) is 6.42 Å². The van der Waals surface area contributed by atoms with Crippen molar-refractivity contribution in [2.75, 3.05) is 16.8 Å². The van der Waals surface area contributed by atoms with Crippen LogP contribution < -0.4 is 16.8 Å². The zero-order valence-electron chi connectivity index (χ0n) is 17.6. The predicted octanol–water partition coefficient (Wildman–Crippen LogP) is 5.62. The molecule has 0 atom stereocenters. The van der Waals surface area contributed by atoms with Crippen molar-refractivity contribution >= 4 is 23.2 Å². The molecule has 0 bridgehead atoms. The lowest BCUT2D eigenvalue weighted by Crippen LogP contribution is -2.15. The van der Waals surface area contributed by atoms with E-state index in [0.717, 1.165) is 19.3 Å². The highest BCUT2D eigenvalue weighted by Gasteiger charge is 2.10. The maximum atomic E-state index is 12.0. The van der Waals surface area contributed by atoms with Crippen LogP contribution in [0.3, 0.4) is 0 Å². The third kappa shape index (κ3) is 11.6. The molecule has 0 spiro atoms. The summed E-state index contributed by atoms with van der Waals surface area (Å²) < 4.78 is 0. The summed E-state index contributed by atoms with van der Waals surface area (Å²) in [7, 11) is 0. The van der Waals surface area contributed by atoms with Gasteiger partial charge in [-0.15, -0.1) is 0 Å². The molecule has 0 aliphatic heterocycles. The standard InChI is InChI=1S/C22H39N5O/c1-2-3-4-5-6-7-8-9-10-11-12-13-14-15-16-17-19(28)27-20-21(23)25-18-26-22(20)24/h9-10,18H,2-8,11-17H2,1H3,(H,27,28)(H4,23,24,25,26)/b10-9-. The van der Waals surface area contributed by atoms with Gasteiger partial charge in [-0.25, -0.2) is 9.97 Å². The lowest BCUT2D eigenvalue weighted by atomic mass is 10.1. The van der Waals surface area contributed by atoms with E-state index in [2.05, 4.69) is 34.4 Å². The molecule has 28 heavy (non-hydrogen) atoms. The number of nitrogen functional groups attached to an aromatic ring is 2. The normalized spacial score (nSPS) is 11.2. The Morgan fingerprint density at radius 1 is 0.857 bits per heavy atom. The first-order valence-electron chi connectivity index (χ1n) is 11.0. The van der Waals surface area contributed by atoms with Crippen molar-refractivity contribution in [3.05, 3.63) is 18.5 Å². The number of aromatic nitrogens is 2. The average Bonchev–Trinajstić information content (AvgIpc) is 2.68. The van der Waals surface area contributed by atoms with Crippen LogP contribution in [0, 0.1) is 0 Å². The van der Waals surface area contributed by atoms with E-state index < -0.39 is 0 Å². The molecule has 158 valence electrons. The second-order valence-electron chi connectivity index (χ2n) is 7.40. The Balaban J connectivity index is 1.93. The summed E-state index contributed by atoms with van der Waals surface area (Å²) in [5, 5.41) is 2.70. The van der Waals surface area contributed by atoms with Gasteiger partial charge >= 0.3 is 0 Å². The molecular weight excluding hydrogens is 350 g/mol. The summed E-state index contributed by atoms with van der Waals surface area (Å²) in [5.41, 5.74) is 11.7. The summed E-state index contributed by atoms with van der Waals surface area (Å²) in [5.74, 6) is 0.307. The Bertz CT molecular complexity index is 554. The summed E-state index contributed by atoms with van der Waals surface area (Å²) in [4.78, 5) is 19.6. The summed E-state index contributed by atoms with van der Waals surface area (Å²) in [6.07, 6.45) is 22.5. The highest BCUT2D eigenvalue weighted by Crippen LogP contribution is 2.21. The number of anilines is 3. The van der Waals surface area contributed by atoms with Gasteiger partial charge in [-0.05, 0) is 32.1 Å². The Kier molecular flexibility index (Phi) is 13.6. The van der Waals surface area contributed by atoms with Crippen LogP contribution in [0.2, 0.25) is 0 Å². The van der Waals surface area contributed by atoms with Crippen LogP contribution in [-0.2, 0) is 4.79 Å². The van der Waals surface area contributed by atoms with Crippen LogP contribution in [0.5, 0.6) is 0 Å². The fourth-order valence-corrected chi connectivity index (χ4v) is 3.10. The molecule has 0 aliphatic carbocycles. The van der Waals surface area contributed by atoms with E-state index in [9.17, 15) is 4.79 Å². The van der Waals surface area contributed by atoms with E-state index in [1.807, 2.05) is 0 Å². The second-order valence-corrected chi connectivity index (χ2v) is 7.40. The van der Waals surface area contributed by atoms with Crippen molar-refractivity contribution in [1.29, 1.82) is 0 Å². The van der Waals surface area contributed by atoms with E-state index in [1.54, 1.807) is 0 Å². The van der Waals surface area contributed by atoms with E-state index in [-0.39, 0.29) is 17.5 Å². The molecule has 1 heterocycles. The zero-order chi connectivity index (χ0) is 20.5. The molecule has 1 rings (SSSR count). The van der Waals surface area contributed by atoms with E-state index in [0.29, 0.717) is 12.1 Å². The third-order valence-corrected chi connectivity index (χ3v) is 4.84. The van der Waals surface area contributed by atoms with Crippen LogP contribution >= 0.6 is 0 Å². The molecular formula is C22H39N5O. The topological polar surface area (TPSA) is 107 Å². The fourth-order valence-electron chi connectivity index (χ4n) is 3.10. The Morgan fingerprint density at radius 3 is 1.93 bits per heavy atom. The number of hydrogen-bond acceptors (Lipinski definition) is 5. The van der Waals surface area contributed by atoms with Gasteiger partial charge < -0.3 is 16.8 Å². The number of nitrogens with one attached hydrogen (secondary N) is 1. The van der Waals surface area contributed by atoms with Gasteiger partial charge in [0.1, 0.15) is 12.0 Å². The number of carbonyl (C=O) groups is 1. The smallest absolute Gasteiger partial charge is 0.224 e. The number of nitrogens with zero attached hydrogens (tertiary/aromatic N) is 2. The number of rotatable bonds is 16. The van der Waals surface area contributed by atoms with E-state index in [4.69, 9.17) is 11.5 Å². The van der Waals surface area contributed by atoms with Crippen LogP contribution in [0.15, 0.2) is 18.5 Å². The van der Waals surface area contributed by atoms with Crippen LogP contribution in [0.1, 0.15) is 96.8 Å². The quantitative estimate of drug-likeness (QED) is 0.251. The number of carbonyl (C=O) groups excluding carboxylic acids is 1. The third-order valence-electron chi connectivity index (χ3n) is 4.84. The molecule has 1 aromatic rings. The molecule has 0 aromatic carbocycles. The van der Waals surface area contributed by atoms with E-state index >= 15 is 0 Å². The Labute approximate surface area is 170 Å². The minimum atomic E-state index is -0.0918. The molecule has 5 N–H and O–H groups in total. The van der Waals surface area contributed by atoms with Gasteiger partial charge in [0.25, 0.3) is 0 Å². The first-order valence-corrected chi connectivity index (χ1v) is 11.0. The lowest BCUT2D eigenvalue weighted by Gasteiger charge is -2.08. The molecule has 1 amide bonds. The van der Waals surface area contributed by atoms with Crippen molar-refractivity contribution in [1.82, 2.24) is 9.97 Å². The zero-order valence-corrected chi connectivity index (χ0v) is 17.6. The number of hydrogen-bond donors (Lipinski definition) is 3. The highest BCUT2D eigenvalue weighted by atomic mass is 16.1. The van der Waals surface area contributed by atoms with Gasteiger partial charge in [-0.3, -0.25) is 4.79 Å². The van der Waals surface area contributed by atoms with Crippen molar-refractivity contribution in [2.45, 2.75) is 96.8 Å². The summed E-state index contributed by atoms with van der Waals surface area (Å²) in [6.45, 7) is 2.26. The Hall–Kier alpha value is -2.11. The number of amides is 1. The van der Waals surface area contributed by atoms with Crippen molar-refractivity contribution < 1.29 is 4.79 Å². The highest BCUT2D eigenvalue weighted by molar-refractivity contribution is 5.96. The molecule has 6 nitrogen and oxygen atoms in total. The maximum absolute atomic E-state index is 12.0. The minimum absolute atomic E-state index is 0.0918. The van der Waals surface area contributed by atoms with Crippen LogP contribution in [0.4, 0.5) is 17.3 Å². The summed E-state index contributed by atoms with van der Waals surface area (Å²) in [6, 6.07) is 0. The van der Waals surface area contributed by atoms with Crippen molar-refractivity contribution in [3.63, 3.8) is 0 Å². The fraction of sp³-hybridized carbons (Fsp3) is 0.682.